The molecule has 1 unspecified atom stereocenters. The van der Waals surface area contributed by atoms with E-state index in [1.807, 2.05) is 68.4 Å². The van der Waals surface area contributed by atoms with Crippen molar-refractivity contribution in [1.29, 1.82) is 0 Å². The Morgan fingerprint density at radius 2 is 1.44 bits per heavy atom. The lowest BCUT2D eigenvalue weighted by atomic mass is 9.95. The molecular formula is C29H27FN2O3S. The summed E-state index contributed by atoms with van der Waals surface area (Å²) in [7, 11) is -4.23. The van der Waals surface area contributed by atoms with Crippen LogP contribution in [-0.2, 0) is 14.8 Å². The van der Waals surface area contributed by atoms with Crippen molar-refractivity contribution in [1.82, 2.24) is 5.32 Å². The number of hydrogen-bond acceptors (Lipinski definition) is 3. The van der Waals surface area contributed by atoms with Crippen LogP contribution in [0.15, 0.2) is 108 Å². The fraction of sp³-hybridized carbons (Fsp3) is 0.138. The van der Waals surface area contributed by atoms with Gasteiger partial charge < -0.3 is 5.32 Å². The summed E-state index contributed by atoms with van der Waals surface area (Å²) in [5, 5.41) is 2.98. The van der Waals surface area contributed by atoms with Crippen molar-refractivity contribution >= 4 is 21.6 Å². The predicted octanol–water partition coefficient (Wildman–Crippen LogP) is 5.54. The van der Waals surface area contributed by atoms with Crippen molar-refractivity contribution in [3.8, 4) is 0 Å². The van der Waals surface area contributed by atoms with Gasteiger partial charge in [-0.3, -0.25) is 9.10 Å². The molecule has 5 nitrogen and oxygen atoms in total. The topological polar surface area (TPSA) is 66.5 Å². The number of carbonyl (C=O) groups excluding carboxylic acids is 1. The zero-order valence-corrected chi connectivity index (χ0v) is 20.9. The first kappa shape index (κ1) is 25.1. The third-order valence-corrected chi connectivity index (χ3v) is 7.73. The highest BCUT2D eigenvalue weighted by molar-refractivity contribution is 7.92. The van der Waals surface area contributed by atoms with Crippen LogP contribution in [-0.4, -0.2) is 20.9 Å². The van der Waals surface area contributed by atoms with Crippen LogP contribution in [0.25, 0.3) is 0 Å². The molecule has 7 heteroatoms. The largest absolute Gasteiger partial charge is 0.344 e. The molecule has 36 heavy (non-hydrogen) atoms. The van der Waals surface area contributed by atoms with Gasteiger partial charge >= 0.3 is 0 Å². The summed E-state index contributed by atoms with van der Waals surface area (Å²) in [6, 6.07) is 28.4. The lowest BCUT2D eigenvalue weighted by molar-refractivity contribution is -0.120. The quantitative estimate of drug-likeness (QED) is 0.344. The second-order valence-electron chi connectivity index (χ2n) is 8.54. The van der Waals surface area contributed by atoms with Gasteiger partial charge in [0.05, 0.1) is 16.6 Å². The first-order valence-corrected chi connectivity index (χ1v) is 12.9. The number of nitrogens with one attached hydrogen (secondary N) is 1. The van der Waals surface area contributed by atoms with Crippen molar-refractivity contribution in [3.63, 3.8) is 0 Å². The van der Waals surface area contributed by atoms with E-state index >= 15 is 0 Å². The summed E-state index contributed by atoms with van der Waals surface area (Å²) in [5.74, 6) is -1.30. The number of nitrogens with zero attached hydrogens (tertiary/aromatic N) is 1. The smallest absolute Gasteiger partial charge is 0.264 e. The van der Waals surface area contributed by atoms with Crippen molar-refractivity contribution in [3.05, 3.63) is 131 Å². The van der Waals surface area contributed by atoms with Crippen molar-refractivity contribution < 1.29 is 17.6 Å². The average Bonchev–Trinajstić information content (AvgIpc) is 2.88. The summed E-state index contributed by atoms with van der Waals surface area (Å²) in [6.45, 7) is 3.20. The van der Waals surface area contributed by atoms with Crippen LogP contribution in [0.5, 0.6) is 0 Å². The monoisotopic (exact) mass is 502 g/mol. The van der Waals surface area contributed by atoms with E-state index in [-0.39, 0.29) is 10.6 Å². The predicted molar refractivity (Wildman–Crippen MR) is 140 cm³/mol. The van der Waals surface area contributed by atoms with Crippen molar-refractivity contribution in [2.45, 2.75) is 24.8 Å². The summed E-state index contributed by atoms with van der Waals surface area (Å²) in [5.41, 5.74) is 3.40. The van der Waals surface area contributed by atoms with Crippen molar-refractivity contribution in [2.24, 2.45) is 0 Å². The molecule has 0 heterocycles. The number of aryl methyl sites for hydroxylation is 2. The number of rotatable bonds is 8. The molecule has 0 aliphatic carbocycles. The van der Waals surface area contributed by atoms with E-state index in [9.17, 15) is 17.6 Å². The molecule has 4 aromatic carbocycles. The maximum atomic E-state index is 14.8. The third-order valence-electron chi connectivity index (χ3n) is 5.96. The minimum atomic E-state index is -4.23. The Hall–Kier alpha value is -3.97. The molecule has 1 atom stereocenters. The SMILES string of the molecule is Cc1ccc(S(=O)(=O)N(CC(=O)NC(c2ccccc2)c2ccccc2C)c2ccccc2F)cc1. The van der Waals surface area contributed by atoms with Crippen molar-refractivity contribution in [2.75, 3.05) is 10.8 Å². The van der Waals surface area contributed by atoms with Gasteiger partial charge in [-0.25, -0.2) is 12.8 Å². The number of sulfonamides is 1. The van der Waals surface area contributed by atoms with Gasteiger partial charge in [0.15, 0.2) is 0 Å². The molecule has 0 radical (unpaired) electrons. The van der Waals surface area contributed by atoms with E-state index in [4.69, 9.17) is 0 Å². The molecule has 1 N–H and O–H groups in total. The molecule has 0 saturated carbocycles. The second-order valence-corrected chi connectivity index (χ2v) is 10.4. The van der Waals surface area contributed by atoms with Crippen LogP contribution < -0.4 is 9.62 Å². The first-order valence-electron chi connectivity index (χ1n) is 11.5. The molecule has 0 saturated heterocycles. The summed E-state index contributed by atoms with van der Waals surface area (Å²) < 4.78 is 42.8. The Kier molecular flexibility index (Phi) is 7.50. The minimum absolute atomic E-state index is 0.0253. The zero-order chi connectivity index (χ0) is 25.7. The number of para-hydroxylation sites is 1. The van der Waals surface area contributed by atoms with E-state index < -0.39 is 34.3 Å². The molecule has 0 fully saturated rings. The van der Waals surface area contributed by atoms with Crippen LogP contribution in [0.3, 0.4) is 0 Å². The lowest BCUT2D eigenvalue weighted by Gasteiger charge is -2.27. The van der Waals surface area contributed by atoms with E-state index in [1.54, 1.807) is 12.1 Å². The van der Waals surface area contributed by atoms with Gasteiger partial charge in [-0.2, -0.15) is 0 Å². The van der Waals surface area contributed by atoms with Gasteiger partial charge in [0, 0.05) is 0 Å². The Labute approximate surface area is 211 Å². The third kappa shape index (κ3) is 5.47. The first-order chi connectivity index (χ1) is 17.3. The highest BCUT2D eigenvalue weighted by atomic mass is 32.2. The number of amides is 1. The number of halogens is 1. The molecule has 0 aliphatic heterocycles. The van der Waals surface area contributed by atoms with Crippen LogP contribution in [0, 0.1) is 19.7 Å². The molecule has 184 valence electrons. The summed E-state index contributed by atoms with van der Waals surface area (Å²) >= 11 is 0. The molecule has 4 aromatic rings. The molecule has 4 rings (SSSR count). The minimum Gasteiger partial charge on any atom is -0.344 e. The standard InChI is InChI=1S/C29H27FN2O3S/c1-21-16-18-24(19-17-21)36(34,35)32(27-15-9-8-14-26(27)30)20-28(33)31-29(23-11-4-3-5-12-23)25-13-7-6-10-22(25)2/h3-19,29H,20H2,1-2H3,(H,31,33). The second kappa shape index (κ2) is 10.7. The molecule has 0 aromatic heterocycles. The molecule has 0 spiro atoms. The van der Waals surface area contributed by atoms with E-state index in [2.05, 4.69) is 5.32 Å². The van der Waals surface area contributed by atoms with Gasteiger partial charge in [-0.1, -0.05) is 84.4 Å². The van der Waals surface area contributed by atoms with Gasteiger partial charge in [0.25, 0.3) is 10.0 Å². The van der Waals surface area contributed by atoms with Gasteiger partial charge in [-0.05, 0) is 54.8 Å². The molecular weight excluding hydrogens is 475 g/mol. The molecule has 0 bridgehead atoms. The number of anilines is 1. The van der Waals surface area contributed by atoms with E-state index in [1.165, 1.54) is 36.4 Å². The van der Waals surface area contributed by atoms with Crippen LogP contribution >= 0.6 is 0 Å². The van der Waals surface area contributed by atoms with Gasteiger partial charge in [-0.15, -0.1) is 0 Å². The number of carbonyl (C=O) groups is 1. The van der Waals surface area contributed by atoms with E-state index in [0.29, 0.717) is 0 Å². The normalized spacial score (nSPS) is 12.1. The average molecular weight is 503 g/mol. The Morgan fingerprint density at radius 3 is 2.11 bits per heavy atom. The molecule has 0 aliphatic rings. The Balaban J connectivity index is 1.71. The van der Waals surface area contributed by atoms with Crippen LogP contribution in [0.1, 0.15) is 28.3 Å². The molecule has 1 amide bonds. The number of hydrogen-bond donors (Lipinski definition) is 1. The lowest BCUT2D eigenvalue weighted by Crippen LogP contribution is -2.42. The highest BCUT2D eigenvalue weighted by Gasteiger charge is 2.30. The highest BCUT2D eigenvalue weighted by Crippen LogP contribution is 2.28. The number of benzene rings is 4. The van der Waals surface area contributed by atoms with E-state index in [0.717, 1.165) is 26.6 Å². The maximum absolute atomic E-state index is 14.8. The zero-order valence-electron chi connectivity index (χ0n) is 20.1. The summed E-state index contributed by atoms with van der Waals surface area (Å²) in [6.07, 6.45) is 0. The van der Waals surface area contributed by atoms with Crippen LogP contribution in [0.4, 0.5) is 10.1 Å². The summed E-state index contributed by atoms with van der Waals surface area (Å²) in [4.78, 5) is 13.4. The van der Waals surface area contributed by atoms with Gasteiger partial charge in [0.2, 0.25) is 5.91 Å². The fourth-order valence-corrected chi connectivity index (χ4v) is 5.45. The van der Waals surface area contributed by atoms with Gasteiger partial charge in [0.1, 0.15) is 12.4 Å². The Morgan fingerprint density at radius 1 is 0.833 bits per heavy atom. The maximum Gasteiger partial charge on any atom is 0.264 e. The fourth-order valence-electron chi connectivity index (χ4n) is 4.02. The van der Waals surface area contributed by atoms with Crippen LogP contribution in [0.2, 0.25) is 0 Å². The Bertz CT molecular complexity index is 1460.